The number of thioether (sulfide) groups is 1. The third-order valence-electron chi connectivity index (χ3n) is 2.69. The molecule has 0 aromatic heterocycles. The first-order valence-electron chi connectivity index (χ1n) is 6.63. The average Bonchev–Trinajstić information content (AvgIpc) is 2.38. The Balaban J connectivity index is 2.23. The van der Waals surface area contributed by atoms with Crippen LogP contribution in [0.25, 0.3) is 0 Å². The van der Waals surface area contributed by atoms with Crippen LogP contribution in [0.15, 0.2) is 30.3 Å². The lowest BCUT2D eigenvalue weighted by Gasteiger charge is -2.18. The molecule has 0 saturated heterocycles. The van der Waals surface area contributed by atoms with Gasteiger partial charge in [-0.05, 0) is 17.9 Å². The SMILES string of the molecule is CC(C)CC(CO)NC(=O)CSCc1ccccc1. The molecule has 0 spiro atoms. The number of benzene rings is 1. The highest BCUT2D eigenvalue weighted by Gasteiger charge is 2.12. The zero-order chi connectivity index (χ0) is 14.1. The first-order chi connectivity index (χ1) is 9.11. The monoisotopic (exact) mass is 281 g/mol. The molecule has 19 heavy (non-hydrogen) atoms. The van der Waals surface area contributed by atoms with Gasteiger partial charge in [-0.25, -0.2) is 0 Å². The molecule has 0 aliphatic rings. The van der Waals surface area contributed by atoms with Gasteiger partial charge in [-0.15, -0.1) is 11.8 Å². The second kappa shape index (κ2) is 8.99. The van der Waals surface area contributed by atoms with Crippen LogP contribution in [0.3, 0.4) is 0 Å². The van der Waals surface area contributed by atoms with Crippen LogP contribution in [0.4, 0.5) is 0 Å². The highest BCUT2D eigenvalue weighted by Crippen LogP contribution is 2.11. The minimum atomic E-state index is -0.121. The normalized spacial score (nSPS) is 12.4. The molecular weight excluding hydrogens is 258 g/mol. The molecular formula is C15H23NO2S. The minimum Gasteiger partial charge on any atom is -0.394 e. The van der Waals surface area contributed by atoms with Crippen molar-refractivity contribution in [2.45, 2.75) is 32.1 Å². The molecule has 0 saturated carbocycles. The molecule has 0 bridgehead atoms. The van der Waals surface area contributed by atoms with E-state index in [1.165, 1.54) is 5.56 Å². The Morgan fingerprint density at radius 1 is 1.32 bits per heavy atom. The molecule has 1 aromatic rings. The van der Waals surface area contributed by atoms with Crippen LogP contribution >= 0.6 is 11.8 Å². The number of hydrogen-bond acceptors (Lipinski definition) is 3. The predicted octanol–water partition coefficient (Wildman–Crippen LogP) is 2.44. The lowest BCUT2D eigenvalue weighted by molar-refractivity contribution is -0.119. The van der Waals surface area contributed by atoms with E-state index in [-0.39, 0.29) is 18.6 Å². The van der Waals surface area contributed by atoms with E-state index in [1.807, 2.05) is 18.2 Å². The maximum atomic E-state index is 11.7. The van der Waals surface area contributed by atoms with Gasteiger partial charge in [-0.1, -0.05) is 44.2 Å². The topological polar surface area (TPSA) is 49.3 Å². The highest BCUT2D eigenvalue weighted by molar-refractivity contribution is 7.99. The van der Waals surface area contributed by atoms with Crippen LogP contribution in [0, 0.1) is 5.92 Å². The van der Waals surface area contributed by atoms with Crippen molar-refractivity contribution in [3.05, 3.63) is 35.9 Å². The van der Waals surface area contributed by atoms with Crippen molar-refractivity contribution in [2.24, 2.45) is 5.92 Å². The van der Waals surface area contributed by atoms with Crippen LogP contribution in [-0.4, -0.2) is 29.4 Å². The van der Waals surface area contributed by atoms with Gasteiger partial charge in [0.2, 0.25) is 5.91 Å². The van der Waals surface area contributed by atoms with Crippen LogP contribution < -0.4 is 5.32 Å². The standard InChI is InChI=1S/C15H23NO2S/c1-12(2)8-14(9-17)16-15(18)11-19-10-13-6-4-3-5-7-13/h3-7,12,14,17H,8-11H2,1-2H3,(H,16,18). The van der Waals surface area contributed by atoms with Crippen molar-refractivity contribution in [1.29, 1.82) is 0 Å². The summed E-state index contributed by atoms with van der Waals surface area (Å²) in [5, 5.41) is 12.1. The Hall–Kier alpha value is -1.00. The van der Waals surface area contributed by atoms with Gasteiger partial charge >= 0.3 is 0 Å². The first-order valence-corrected chi connectivity index (χ1v) is 7.79. The van der Waals surface area contributed by atoms with E-state index in [9.17, 15) is 9.90 Å². The molecule has 1 aromatic carbocycles. The summed E-state index contributed by atoms with van der Waals surface area (Å²) < 4.78 is 0. The van der Waals surface area contributed by atoms with E-state index in [1.54, 1.807) is 11.8 Å². The number of nitrogens with one attached hydrogen (secondary N) is 1. The summed E-state index contributed by atoms with van der Waals surface area (Å²) >= 11 is 1.59. The fourth-order valence-electron chi connectivity index (χ4n) is 1.85. The highest BCUT2D eigenvalue weighted by atomic mass is 32.2. The number of aliphatic hydroxyl groups excluding tert-OH is 1. The minimum absolute atomic E-state index is 0.000584. The largest absolute Gasteiger partial charge is 0.394 e. The van der Waals surface area contributed by atoms with Crippen LogP contribution in [0.2, 0.25) is 0 Å². The molecule has 1 amide bonds. The van der Waals surface area contributed by atoms with Crippen LogP contribution in [-0.2, 0) is 10.5 Å². The third kappa shape index (κ3) is 7.23. The number of rotatable bonds is 8. The van der Waals surface area contributed by atoms with Gasteiger partial charge < -0.3 is 10.4 Å². The molecule has 2 N–H and O–H groups in total. The second-order valence-corrected chi connectivity index (χ2v) is 6.04. The maximum Gasteiger partial charge on any atom is 0.230 e. The summed E-state index contributed by atoms with van der Waals surface area (Å²) in [6, 6.07) is 9.98. The van der Waals surface area contributed by atoms with Crippen molar-refractivity contribution in [2.75, 3.05) is 12.4 Å². The summed E-state index contributed by atoms with van der Waals surface area (Å²) in [7, 11) is 0. The van der Waals surface area contributed by atoms with E-state index in [4.69, 9.17) is 0 Å². The lowest BCUT2D eigenvalue weighted by atomic mass is 10.0. The Kier molecular flexibility index (Phi) is 7.60. The Morgan fingerprint density at radius 3 is 2.58 bits per heavy atom. The zero-order valence-electron chi connectivity index (χ0n) is 11.6. The lowest BCUT2D eigenvalue weighted by Crippen LogP contribution is -2.39. The van der Waals surface area contributed by atoms with E-state index in [0.29, 0.717) is 11.7 Å². The molecule has 0 aliphatic carbocycles. The fourth-order valence-corrected chi connectivity index (χ4v) is 2.65. The molecule has 3 nitrogen and oxygen atoms in total. The molecule has 0 heterocycles. The predicted molar refractivity (Wildman–Crippen MR) is 81.1 cm³/mol. The molecule has 1 atom stereocenters. The van der Waals surface area contributed by atoms with Crippen molar-refractivity contribution in [1.82, 2.24) is 5.32 Å². The number of carbonyl (C=O) groups excluding carboxylic acids is 1. The molecule has 106 valence electrons. The van der Waals surface area contributed by atoms with Crippen molar-refractivity contribution < 1.29 is 9.90 Å². The first kappa shape index (κ1) is 16.1. The summed E-state index contributed by atoms with van der Waals surface area (Å²) in [4.78, 5) is 11.7. The van der Waals surface area contributed by atoms with E-state index in [0.717, 1.165) is 12.2 Å². The summed E-state index contributed by atoms with van der Waals surface area (Å²) in [5.74, 6) is 1.74. The number of amides is 1. The Bertz CT molecular complexity index is 368. The molecule has 0 fully saturated rings. The number of aliphatic hydroxyl groups is 1. The Labute approximate surface area is 119 Å². The maximum absolute atomic E-state index is 11.7. The summed E-state index contributed by atoms with van der Waals surface area (Å²) in [6.07, 6.45) is 0.811. The molecule has 0 aliphatic heterocycles. The van der Waals surface area contributed by atoms with Gasteiger partial charge in [-0.2, -0.15) is 0 Å². The quantitative estimate of drug-likeness (QED) is 0.769. The average molecular weight is 281 g/mol. The molecule has 1 rings (SSSR count). The van der Waals surface area contributed by atoms with Gasteiger partial charge in [0, 0.05) is 5.75 Å². The Morgan fingerprint density at radius 2 is 2.00 bits per heavy atom. The molecule has 0 radical (unpaired) electrons. The second-order valence-electron chi connectivity index (χ2n) is 5.05. The van der Waals surface area contributed by atoms with Gasteiger partial charge in [-0.3, -0.25) is 4.79 Å². The van der Waals surface area contributed by atoms with Crippen molar-refractivity contribution in [3.63, 3.8) is 0 Å². The zero-order valence-corrected chi connectivity index (χ0v) is 12.5. The van der Waals surface area contributed by atoms with Crippen molar-refractivity contribution >= 4 is 17.7 Å². The van der Waals surface area contributed by atoms with Gasteiger partial charge in [0.25, 0.3) is 0 Å². The summed E-state index contributed by atoms with van der Waals surface area (Å²) in [6.45, 7) is 4.17. The van der Waals surface area contributed by atoms with Gasteiger partial charge in [0.05, 0.1) is 18.4 Å². The third-order valence-corrected chi connectivity index (χ3v) is 3.69. The van der Waals surface area contributed by atoms with E-state index < -0.39 is 0 Å². The van der Waals surface area contributed by atoms with Gasteiger partial charge in [0.15, 0.2) is 0 Å². The van der Waals surface area contributed by atoms with Crippen LogP contribution in [0.1, 0.15) is 25.8 Å². The number of hydrogen-bond donors (Lipinski definition) is 2. The molecule has 4 heteroatoms. The molecule has 1 unspecified atom stereocenters. The van der Waals surface area contributed by atoms with Crippen molar-refractivity contribution in [3.8, 4) is 0 Å². The smallest absolute Gasteiger partial charge is 0.230 e. The van der Waals surface area contributed by atoms with E-state index >= 15 is 0 Å². The van der Waals surface area contributed by atoms with E-state index in [2.05, 4.69) is 31.3 Å². The fraction of sp³-hybridized carbons (Fsp3) is 0.533. The number of carbonyl (C=O) groups is 1. The van der Waals surface area contributed by atoms with Gasteiger partial charge in [0.1, 0.15) is 0 Å². The van der Waals surface area contributed by atoms with Crippen LogP contribution in [0.5, 0.6) is 0 Å². The summed E-state index contributed by atoms with van der Waals surface area (Å²) in [5.41, 5.74) is 1.22.